The molecule has 0 saturated carbocycles. The molecule has 1 aliphatic rings. The maximum Gasteiger partial charge on any atom is 0.319 e. The van der Waals surface area contributed by atoms with Gasteiger partial charge in [0.25, 0.3) is 0 Å². The number of benzene rings is 1. The van der Waals surface area contributed by atoms with Crippen molar-refractivity contribution in [2.75, 3.05) is 5.75 Å². The molecule has 3 rings (SSSR count). The zero-order valence-corrected chi connectivity index (χ0v) is 10.1. The minimum absolute atomic E-state index is 0.224. The lowest BCUT2D eigenvalue weighted by Gasteiger charge is -2.14. The van der Waals surface area contributed by atoms with Gasteiger partial charge in [-0.05, 0) is 30.8 Å². The van der Waals surface area contributed by atoms with Crippen molar-refractivity contribution in [3.63, 3.8) is 0 Å². The van der Waals surface area contributed by atoms with Crippen LogP contribution in [0, 0.1) is 0 Å². The molecular weight excluding hydrogens is 220 g/mol. The van der Waals surface area contributed by atoms with Gasteiger partial charge in [-0.3, -0.25) is 0 Å². The van der Waals surface area contributed by atoms with Crippen LogP contribution in [0.2, 0.25) is 0 Å². The highest BCUT2D eigenvalue weighted by molar-refractivity contribution is 7.99. The number of aromatic nitrogens is 2. The van der Waals surface area contributed by atoms with Gasteiger partial charge in [0.2, 0.25) is 0 Å². The molecule has 0 amide bonds. The topological polar surface area (TPSA) is 29.0 Å². The molecule has 1 aliphatic heterocycles. The molecule has 16 heavy (non-hydrogen) atoms. The number of hydrogen-bond acceptors (Lipinski definition) is 2. The third kappa shape index (κ3) is 1.37. The molecule has 3 nitrogen and oxygen atoms in total. The van der Waals surface area contributed by atoms with E-state index in [4.69, 9.17) is 0 Å². The third-order valence-electron chi connectivity index (χ3n) is 3.04. The average Bonchev–Trinajstić information content (AvgIpc) is 2.62. The van der Waals surface area contributed by atoms with Crippen LogP contribution in [-0.2, 0) is 13.1 Å². The SMILES string of the molecule is CCn1c2[n+](c3ccccc31)C[C@@H](O)CS2. The van der Waals surface area contributed by atoms with Gasteiger partial charge in [0.05, 0.1) is 6.54 Å². The Morgan fingerprint density at radius 2 is 2.31 bits per heavy atom. The first-order valence-corrected chi connectivity index (χ1v) is 6.61. The Morgan fingerprint density at radius 3 is 3.12 bits per heavy atom. The van der Waals surface area contributed by atoms with Crippen molar-refractivity contribution in [1.29, 1.82) is 0 Å². The molecule has 2 heterocycles. The second kappa shape index (κ2) is 3.79. The highest BCUT2D eigenvalue weighted by Crippen LogP contribution is 2.26. The largest absolute Gasteiger partial charge is 0.388 e. The van der Waals surface area contributed by atoms with Gasteiger partial charge in [-0.2, -0.15) is 0 Å². The summed E-state index contributed by atoms with van der Waals surface area (Å²) in [5, 5.41) is 11.0. The second-order valence-electron chi connectivity index (χ2n) is 4.09. The van der Waals surface area contributed by atoms with Gasteiger partial charge < -0.3 is 5.11 Å². The molecule has 1 N–H and O–H groups in total. The maximum atomic E-state index is 9.75. The summed E-state index contributed by atoms with van der Waals surface area (Å²) in [5.74, 6) is 0.802. The number of fused-ring (bicyclic) bond motifs is 3. The summed E-state index contributed by atoms with van der Waals surface area (Å²) in [7, 11) is 0. The Balaban J connectivity index is 2.31. The van der Waals surface area contributed by atoms with E-state index in [0.29, 0.717) is 0 Å². The van der Waals surface area contributed by atoms with E-state index in [1.54, 1.807) is 11.8 Å². The molecule has 0 fully saturated rings. The van der Waals surface area contributed by atoms with Crippen molar-refractivity contribution in [3.05, 3.63) is 24.3 Å². The highest BCUT2D eigenvalue weighted by atomic mass is 32.2. The summed E-state index contributed by atoms with van der Waals surface area (Å²) >= 11 is 1.75. The van der Waals surface area contributed by atoms with Crippen LogP contribution in [0.5, 0.6) is 0 Å². The summed E-state index contributed by atoms with van der Waals surface area (Å²) < 4.78 is 4.56. The van der Waals surface area contributed by atoms with E-state index in [9.17, 15) is 5.11 Å². The fourth-order valence-corrected chi connectivity index (χ4v) is 3.50. The Hall–Kier alpha value is -1.00. The number of para-hydroxylation sites is 2. The Labute approximate surface area is 98.7 Å². The van der Waals surface area contributed by atoms with Gasteiger partial charge in [0.15, 0.2) is 11.0 Å². The van der Waals surface area contributed by atoms with Crippen LogP contribution in [0.3, 0.4) is 0 Å². The molecule has 0 spiro atoms. The van der Waals surface area contributed by atoms with Crippen molar-refractivity contribution in [2.45, 2.75) is 31.3 Å². The van der Waals surface area contributed by atoms with E-state index in [2.05, 4.69) is 40.3 Å². The van der Waals surface area contributed by atoms with E-state index in [1.807, 2.05) is 0 Å². The Morgan fingerprint density at radius 1 is 1.50 bits per heavy atom. The fraction of sp³-hybridized carbons (Fsp3) is 0.417. The van der Waals surface area contributed by atoms with Gasteiger partial charge in [0, 0.05) is 5.75 Å². The lowest BCUT2D eigenvalue weighted by Crippen LogP contribution is -2.45. The number of rotatable bonds is 1. The number of imidazole rings is 1. The van der Waals surface area contributed by atoms with Crippen LogP contribution in [0.15, 0.2) is 29.4 Å². The lowest BCUT2D eigenvalue weighted by atomic mass is 10.3. The second-order valence-corrected chi connectivity index (χ2v) is 5.08. The van der Waals surface area contributed by atoms with Crippen molar-refractivity contribution in [2.24, 2.45) is 0 Å². The first-order chi connectivity index (χ1) is 7.81. The third-order valence-corrected chi connectivity index (χ3v) is 4.29. The number of aryl methyl sites for hydroxylation is 1. The van der Waals surface area contributed by atoms with Crippen LogP contribution in [0.25, 0.3) is 11.0 Å². The zero-order valence-electron chi connectivity index (χ0n) is 9.26. The molecule has 0 saturated heterocycles. The van der Waals surface area contributed by atoms with Gasteiger partial charge >= 0.3 is 5.16 Å². The minimum Gasteiger partial charge on any atom is -0.388 e. The van der Waals surface area contributed by atoms with E-state index in [0.717, 1.165) is 18.8 Å². The van der Waals surface area contributed by atoms with Gasteiger partial charge in [-0.1, -0.05) is 12.1 Å². The summed E-state index contributed by atoms with van der Waals surface area (Å²) in [5.41, 5.74) is 2.49. The molecule has 1 atom stereocenters. The van der Waals surface area contributed by atoms with E-state index < -0.39 is 0 Å². The van der Waals surface area contributed by atoms with Crippen molar-refractivity contribution >= 4 is 22.8 Å². The molecule has 0 unspecified atom stereocenters. The van der Waals surface area contributed by atoms with Crippen molar-refractivity contribution in [3.8, 4) is 0 Å². The molecule has 2 aromatic rings. The van der Waals surface area contributed by atoms with Crippen LogP contribution < -0.4 is 4.57 Å². The number of aliphatic hydroxyl groups excluding tert-OH is 1. The molecule has 1 aromatic carbocycles. The molecule has 0 aliphatic carbocycles. The average molecular weight is 235 g/mol. The zero-order chi connectivity index (χ0) is 11.1. The number of hydrogen-bond donors (Lipinski definition) is 1. The van der Waals surface area contributed by atoms with Gasteiger partial charge in [0.1, 0.15) is 12.6 Å². The number of aliphatic hydroxyl groups is 1. The van der Waals surface area contributed by atoms with Crippen LogP contribution in [-0.4, -0.2) is 21.5 Å². The lowest BCUT2D eigenvalue weighted by molar-refractivity contribution is -0.718. The smallest absolute Gasteiger partial charge is 0.319 e. The normalized spacial score (nSPS) is 20.0. The molecular formula is C12H15N2OS+. The van der Waals surface area contributed by atoms with E-state index >= 15 is 0 Å². The molecule has 0 bridgehead atoms. The summed E-state index contributed by atoms with van der Waals surface area (Å²) in [6.07, 6.45) is -0.224. The Bertz CT molecular complexity index is 535. The summed E-state index contributed by atoms with van der Waals surface area (Å²) in [6, 6.07) is 8.41. The predicted octanol–water partition coefficient (Wildman–Crippen LogP) is 1.42. The fourth-order valence-electron chi connectivity index (χ4n) is 2.34. The highest BCUT2D eigenvalue weighted by Gasteiger charge is 2.30. The van der Waals surface area contributed by atoms with Gasteiger partial charge in [-0.25, -0.2) is 9.13 Å². The monoisotopic (exact) mass is 235 g/mol. The summed E-state index contributed by atoms with van der Waals surface area (Å²) in [4.78, 5) is 0. The van der Waals surface area contributed by atoms with Crippen LogP contribution >= 0.6 is 11.8 Å². The van der Waals surface area contributed by atoms with Gasteiger partial charge in [-0.15, -0.1) is 0 Å². The van der Waals surface area contributed by atoms with E-state index in [1.165, 1.54) is 16.2 Å². The molecule has 1 aromatic heterocycles. The Kier molecular flexibility index (Phi) is 2.41. The predicted molar refractivity (Wildman–Crippen MR) is 64.5 cm³/mol. The number of thioether (sulfide) groups is 1. The standard InChI is InChI=1S/C12H15N2OS/c1-2-13-10-5-3-4-6-11(10)14-7-9(15)8-16-12(13)14/h3-6,9,15H,2,7-8H2,1H3/q+1/t9-/m1/s1. The maximum absolute atomic E-state index is 9.75. The summed E-state index contributed by atoms with van der Waals surface area (Å²) in [6.45, 7) is 3.86. The van der Waals surface area contributed by atoms with E-state index in [-0.39, 0.29) is 6.10 Å². The number of nitrogens with zero attached hydrogens (tertiary/aromatic N) is 2. The first kappa shape index (κ1) is 10.2. The molecule has 84 valence electrons. The van der Waals surface area contributed by atoms with Crippen molar-refractivity contribution < 1.29 is 9.67 Å². The molecule has 4 heteroatoms. The first-order valence-electron chi connectivity index (χ1n) is 5.63. The molecule has 0 radical (unpaired) electrons. The van der Waals surface area contributed by atoms with Crippen LogP contribution in [0.4, 0.5) is 0 Å². The van der Waals surface area contributed by atoms with Crippen LogP contribution in [0.1, 0.15) is 6.92 Å². The van der Waals surface area contributed by atoms with Crippen molar-refractivity contribution in [1.82, 2.24) is 4.57 Å². The minimum atomic E-state index is -0.224. The quantitative estimate of drug-likeness (QED) is 0.757.